The van der Waals surface area contributed by atoms with Gasteiger partial charge in [0.1, 0.15) is 0 Å². The van der Waals surface area contributed by atoms with Crippen LogP contribution in [0.4, 0.5) is 0 Å². The zero-order valence-corrected chi connectivity index (χ0v) is 10.8. The smallest absolute Gasteiger partial charge is 0.254 e. The molecule has 2 fully saturated rings. The second kappa shape index (κ2) is 4.32. The van der Waals surface area contributed by atoms with Crippen LogP contribution in [0, 0.1) is 11.8 Å². The first-order valence-electron chi connectivity index (χ1n) is 7.05. The molecule has 0 aromatic heterocycles. The van der Waals surface area contributed by atoms with Gasteiger partial charge in [-0.1, -0.05) is 24.3 Å². The number of carbonyl (C=O) groups is 1. The minimum atomic E-state index is -0.417. The van der Waals surface area contributed by atoms with Crippen LogP contribution >= 0.6 is 0 Å². The molecule has 0 bridgehead atoms. The van der Waals surface area contributed by atoms with Gasteiger partial charge in [0.05, 0.1) is 6.61 Å². The van der Waals surface area contributed by atoms with E-state index >= 15 is 0 Å². The summed E-state index contributed by atoms with van der Waals surface area (Å²) in [5.41, 5.74) is 2.28. The standard InChI is InChI=1S/C15H18N2O2/c18-15(17-13-11-7-16-8-12(11)13)14-10-4-2-1-3-9(10)5-6-19-14/h1-4,11-14,16H,5-8H2,(H,17,18). The van der Waals surface area contributed by atoms with E-state index in [1.807, 2.05) is 18.2 Å². The molecule has 19 heavy (non-hydrogen) atoms. The van der Waals surface area contributed by atoms with Crippen molar-refractivity contribution >= 4 is 5.91 Å². The molecule has 4 nitrogen and oxygen atoms in total. The fraction of sp³-hybridized carbons (Fsp3) is 0.533. The lowest BCUT2D eigenvalue weighted by atomic mass is 9.97. The maximum atomic E-state index is 12.4. The molecule has 4 heteroatoms. The third kappa shape index (κ3) is 1.86. The number of nitrogens with one attached hydrogen (secondary N) is 2. The summed E-state index contributed by atoms with van der Waals surface area (Å²) in [5.74, 6) is 1.32. The molecule has 1 aromatic rings. The number of piperidine rings is 1. The van der Waals surface area contributed by atoms with Crippen molar-refractivity contribution in [2.45, 2.75) is 18.6 Å². The molecule has 1 aliphatic carbocycles. The minimum absolute atomic E-state index is 0.0338. The van der Waals surface area contributed by atoms with Crippen LogP contribution in [0.25, 0.3) is 0 Å². The van der Waals surface area contributed by atoms with Crippen LogP contribution in [-0.2, 0) is 16.0 Å². The SMILES string of the molecule is O=C(NC1C2CNCC21)C1OCCc2ccccc21. The van der Waals surface area contributed by atoms with E-state index < -0.39 is 6.10 Å². The Hall–Kier alpha value is -1.39. The van der Waals surface area contributed by atoms with Crippen molar-refractivity contribution in [2.75, 3.05) is 19.7 Å². The normalized spacial score (nSPS) is 35.4. The van der Waals surface area contributed by atoms with E-state index in [9.17, 15) is 4.79 Å². The fourth-order valence-electron chi connectivity index (χ4n) is 3.48. The molecule has 3 unspecified atom stereocenters. The number of fused-ring (bicyclic) bond motifs is 2. The van der Waals surface area contributed by atoms with Crippen LogP contribution in [-0.4, -0.2) is 31.6 Å². The zero-order chi connectivity index (χ0) is 12.8. The van der Waals surface area contributed by atoms with E-state index in [-0.39, 0.29) is 5.91 Å². The van der Waals surface area contributed by atoms with Gasteiger partial charge in [0.2, 0.25) is 0 Å². The van der Waals surface area contributed by atoms with Gasteiger partial charge in [-0.2, -0.15) is 0 Å². The van der Waals surface area contributed by atoms with Gasteiger partial charge in [-0.3, -0.25) is 4.79 Å². The first-order chi connectivity index (χ1) is 9.34. The van der Waals surface area contributed by atoms with Gasteiger partial charge in [0, 0.05) is 19.1 Å². The highest BCUT2D eigenvalue weighted by Crippen LogP contribution is 2.42. The van der Waals surface area contributed by atoms with Crippen LogP contribution in [0.3, 0.4) is 0 Å². The van der Waals surface area contributed by atoms with Crippen molar-refractivity contribution in [1.29, 1.82) is 0 Å². The van der Waals surface area contributed by atoms with Crippen molar-refractivity contribution in [3.63, 3.8) is 0 Å². The van der Waals surface area contributed by atoms with E-state index in [0.29, 0.717) is 24.5 Å². The Balaban J connectivity index is 1.49. The largest absolute Gasteiger partial charge is 0.363 e. The second-order valence-electron chi connectivity index (χ2n) is 5.72. The number of carbonyl (C=O) groups excluding carboxylic acids is 1. The summed E-state index contributed by atoms with van der Waals surface area (Å²) >= 11 is 0. The summed E-state index contributed by atoms with van der Waals surface area (Å²) in [7, 11) is 0. The molecule has 2 N–H and O–H groups in total. The highest BCUT2D eigenvalue weighted by atomic mass is 16.5. The number of ether oxygens (including phenoxy) is 1. The molecule has 3 atom stereocenters. The molecule has 4 rings (SSSR count). The molecule has 1 amide bonds. The maximum Gasteiger partial charge on any atom is 0.254 e. The molecular formula is C15H18N2O2. The molecule has 0 radical (unpaired) electrons. The first kappa shape index (κ1) is 11.4. The van der Waals surface area contributed by atoms with Gasteiger partial charge < -0.3 is 15.4 Å². The second-order valence-corrected chi connectivity index (χ2v) is 5.72. The molecule has 0 spiro atoms. The average Bonchev–Trinajstić information content (AvgIpc) is 2.88. The number of amides is 1. The zero-order valence-electron chi connectivity index (χ0n) is 10.8. The predicted molar refractivity (Wildman–Crippen MR) is 70.6 cm³/mol. The summed E-state index contributed by atoms with van der Waals surface area (Å²) in [6.45, 7) is 2.71. The third-order valence-electron chi connectivity index (χ3n) is 4.63. The number of benzene rings is 1. The van der Waals surface area contributed by atoms with Crippen LogP contribution < -0.4 is 10.6 Å². The summed E-state index contributed by atoms with van der Waals surface area (Å²) in [6, 6.07) is 8.47. The van der Waals surface area contributed by atoms with Crippen molar-refractivity contribution in [1.82, 2.24) is 10.6 Å². The predicted octanol–water partition coefficient (Wildman–Crippen LogP) is 0.634. The van der Waals surface area contributed by atoms with Crippen LogP contribution in [0.1, 0.15) is 17.2 Å². The quantitative estimate of drug-likeness (QED) is 0.818. The van der Waals surface area contributed by atoms with Crippen LogP contribution in [0.15, 0.2) is 24.3 Å². The Bertz CT molecular complexity index is 507. The third-order valence-corrected chi connectivity index (χ3v) is 4.63. The first-order valence-corrected chi connectivity index (χ1v) is 7.05. The van der Waals surface area contributed by atoms with Crippen LogP contribution in [0.5, 0.6) is 0 Å². The average molecular weight is 258 g/mol. The monoisotopic (exact) mass is 258 g/mol. The summed E-state index contributed by atoms with van der Waals surface area (Å²) < 4.78 is 5.69. The van der Waals surface area contributed by atoms with E-state index in [4.69, 9.17) is 4.74 Å². The molecule has 1 aromatic carbocycles. The fourth-order valence-corrected chi connectivity index (χ4v) is 3.48. The number of hydrogen-bond acceptors (Lipinski definition) is 3. The van der Waals surface area contributed by atoms with Crippen LogP contribution in [0.2, 0.25) is 0 Å². The Morgan fingerprint density at radius 3 is 2.89 bits per heavy atom. The molecule has 3 aliphatic rings. The lowest BCUT2D eigenvalue weighted by Gasteiger charge is -2.25. The van der Waals surface area contributed by atoms with Gasteiger partial charge >= 0.3 is 0 Å². The topological polar surface area (TPSA) is 50.4 Å². The highest BCUT2D eigenvalue weighted by molar-refractivity contribution is 5.83. The molecule has 2 aliphatic heterocycles. The Kier molecular flexibility index (Phi) is 2.60. The maximum absolute atomic E-state index is 12.4. The van der Waals surface area contributed by atoms with E-state index in [2.05, 4.69) is 16.7 Å². The van der Waals surface area contributed by atoms with Gasteiger partial charge in [-0.05, 0) is 29.4 Å². The highest BCUT2D eigenvalue weighted by Gasteiger charge is 2.54. The number of hydrogen-bond donors (Lipinski definition) is 2. The molecule has 1 saturated carbocycles. The lowest BCUT2D eigenvalue weighted by molar-refractivity contribution is -0.134. The molecule has 100 valence electrons. The van der Waals surface area contributed by atoms with Gasteiger partial charge in [0.25, 0.3) is 5.91 Å². The van der Waals surface area contributed by atoms with Crippen molar-refractivity contribution in [3.8, 4) is 0 Å². The van der Waals surface area contributed by atoms with Gasteiger partial charge in [0.15, 0.2) is 6.10 Å². The van der Waals surface area contributed by atoms with E-state index in [0.717, 1.165) is 25.1 Å². The van der Waals surface area contributed by atoms with Crippen molar-refractivity contribution < 1.29 is 9.53 Å². The molecular weight excluding hydrogens is 240 g/mol. The van der Waals surface area contributed by atoms with Crippen molar-refractivity contribution in [3.05, 3.63) is 35.4 Å². The summed E-state index contributed by atoms with van der Waals surface area (Å²) in [5, 5.41) is 6.50. The number of rotatable bonds is 2. The van der Waals surface area contributed by atoms with Gasteiger partial charge in [-0.15, -0.1) is 0 Å². The molecule has 1 saturated heterocycles. The van der Waals surface area contributed by atoms with E-state index in [1.54, 1.807) is 0 Å². The van der Waals surface area contributed by atoms with Gasteiger partial charge in [-0.25, -0.2) is 0 Å². The molecule has 2 heterocycles. The Labute approximate surface area is 112 Å². The van der Waals surface area contributed by atoms with Crippen molar-refractivity contribution in [2.24, 2.45) is 11.8 Å². The summed E-state index contributed by atoms with van der Waals surface area (Å²) in [4.78, 5) is 12.4. The van der Waals surface area contributed by atoms with E-state index in [1.165, 1.54) is 5.56 Å². The minimum Gasteiger partial charge on any atom is -0.363 e. The Morgan fingerprint density at radius 2 is 2.05 bits per heavy atom. The Morgan fingerprint density at radius 1 is 1.26 bits per heavy atom. The summed E-state index contributed by atoms with van der Waals surface area (Å²) in [6.07, 6.45) is 0.484. The lowest BCUT2D eigenvalue weighted by Crippen LogP contribution is -2.38.